The van der Waals surface area contributed by atoms with Crippen LogP contribution in [-0.2, 0) is 6.54 Å². The molecule has 0 heterocycles. The summed E-state index contributed by atoms with van der Waals surface area (Å²) < 4.78 is 13.1. The van der Waals surface area contributed by atoms with Gasteiger partial charge < -0.3 is 4.90 Å². The van der Waals surface area contributed by atoms with E-state index in [0.717, 1.165) is 24.6 Å². The molecule has 1 aliphatic carbocycles. The van der Waals surface area contributed by atoms with Gasteiger partial charge in [0.25, 0.3) is 0 Å². The lowest BCUT2D eigenvalue weighted by atomic mass is 10.1. The minimum atomic E-state index is -0.434. The van der Waals surface area contributed by atoms with E-state index in [4.69, 9.17) is 5.26 Å². The Balaban J connectivity index is 2.00. The van der Waals surface area contributed by atoms with Crippen LogP contribution < -0.4 is 0 Å². The maximum atomic E-state index is 13.1. The van der Waals surface area contributed by atoms with Gasteiger partial charge in [0.05, 0.1) is 5.56 Å². The Morgan fingerprint density at radius 3 is 2.88 bits per heavy atom. The first-order chi connectivity index (χ1) is 7.69. The van der Waals surface area contributed by atoms with Crippen LogP contribution in [0.5, 0.6) is 0 Å². The number of hydrogen-bond acceptors (Lipinski definition) is 2. The van der Waals surface area contributed by atoms with E-state index in [1.54, 1.807) is 12.1 Å². The highest BCUT2D eigenvalue weighted by atomic mass is 19.1. The highest BCUT2D eigenvalue weighted by molar-refractivity contribution is 5.34. The largest absolute Gasteiger partial charge is 0.302 e. The van der Waals surface area contributed by atoms with Crippen LogP contribution in [0, 0.1) is 23.1 Å². The fraction of sp³-hybridized carbons (Fsp3) is 0.462. The Morgan fingerprint density at radius 2 is 2.25 bits per heavy atom. The molecule has 0 aromatic heterocycles. The second-order valence-corrected chi connectivity index (χ2v) is 4.57. The van der Waals surface area contributed by atoms with Crippen molar-refractivity contribution in [2.45, 2.75) is 19.4 Å². The van der Waals surface area contributed by atoms with Crippen LogP contribution in [0.25, 0.3) is 0 Å². The van der Waals surface area contributed by atoms with E-state index in [1.165, 1.54) is 18.9 Å². The van der Waals surface area contributed by atoms with Gasteiger partial charge in [-0.25, -0.2) is 4.39 Å². The molecule has 1 aromatic rings. The van der Waals surface area contributed by atoms with Crippen molar-refractivity contribution in [2.24, 2.45) is 5.92 Å². The molecule has 0 aliphatic heterocycles. The molecule has 0 amide bonds. The summed E-state index contributed by atoms with van der Waals surface area (Å²) >= 11 is 0. The van der Waals surface area contributed by atoms with Gasteiger partial charge in [0.1, 0.15) is 11.9 Å². The fourth-order valence-corrected chi connectivity index (χ4v) is 1.87. The first kappa shape index (κ1) is 11.1. The van der Waals surface area contributed by atoms with Gasteiger partial charge in [0.2, 0.25) is 0 Å². The molecule has 0 radical (unpaired) electrons. The van der Waals surface area contributed by atoms with E-state index in [0.29, 0.717) is 0 Å². The zero-order valence-corrected chi connectivity index (χ0v) is 9.41. The second-order valence-electron chi connectivity index (χ2n) is 4.57. The van der Waals surface area contributed by atoms with E-state index in [2.05, 4.69) is 11.9 Å². The Labute approximate surface area is 95.3 Å². The van der Waals surface area contributed by atoms with E-state index in [9.17, 15) is 4.39 Å². The van der Waals surface area contributed by atoms with Crippen LogP contribution in [0.3, 0.4) is 0 Å². The highest BCUT2D eigenvalue weighted by Crippen LogP contribution is 2.29. The van der Waals surface area contributed by atoms with Gasteiger partial charge in [0.15, 0.2) is 0 Å². The molecule has 0 unspecified atom stereocenters. The van der Waals surface area contributed by atoms with Crippen molar-refractivity contribution in [1.82, 2.24) is 4.90 Å². The third-order valence-electron chi connectivity index (χ3n) is 2.87. The number of halogens is 1. The van der Waals surface area contributed by atoms with Crippen molar-refractivity contribution in [3.05, 3.63) is 35.1 Å². The molecule has 2 rings (SSSR count). The summed E-state index contributed by atoms with van der Waals surface area (Å²) in [7, 11) is 2.06. The van der Waals surface area contributed by atoms with E-state index in [-0.39, 0.29) is 5.56 Å². The number of nitriles is 1. The summed E-state index contributed by atoms with van der Waals surface area (Å²) in [6.45, 7) is 1.88. The van der Waals surface area contributed by atoms with Crippen LogP contribution in [0.1, 0.15) is 24.0 Å². The van der Waals surface area contributed by atoms with Gasteiger partial charge >= 0.3 is 0 Å². The molecule has 0 bridgehead atoms. The Hall–Kier alpha value is -1.40. The SMILES string of the molecule is CN(Cc1ccc(F)c(C#N)c1)CC1CC1. The summed E-state index contributed by atoms with van der Waals surface area (Å²) in [5.41, 5.74) is 1.14. The highest BCUT2D eigenvalue weighted by Gasteiger charge is 2.22. The molecule has 0 N–H and O–H groups in total. The smallest absolute Gasteiger partial charge is 0.140 e. The van der Waals surface area contributed by atoms with Crippen molar-refractivity contribution in [3.63, 3.8) is 0 Å². The molecule has 3 heteroatoms. The second kappa shape index (κ2) is 4.63. The zero-order chi connectivity index (χ0) is 11.5. The molecule has 1 aliphatic rings. The van der Waals surface area contributed by atoms with Gasteiger partial charge in [-0.15, -0.1) is 0 Å². The predicted molar refractivity (Wildman–Crippen MR) is 60.2 cm³/mol. The lowest BCUT2D eigenvalue weighted by Crippen LogP contribution is -2.20. The fourth-order valence-electron chi connectivity index (χ4n) is 1.87. The van der Waals surface area contributed by atoms with Crippen LogP contribution in [0.4, 0.5) is 4.39 Å². The van der Waals surface area contributed by atoms with Crippen molar-refractivity contribution < 1.29 is 4.39 Å². The molecule has 1 aromatic carbocycles. The monoisotopic (exact) mass is 218 g/mol. The average molecular weight is 218 g/mol. The normalized spacial score (nSPS) is 15.1. The van der Waals surface area contributed by atoms with Gasteiger partial charge in [-0.2, -0.15) is 5.26 Å². The molecule has 0 spiro atoms. The molecule has 1 fully saturated rings. The Bertz CT molecular complexity index is 418. The molecule has 0 saturated heterocycles. The van der Waals surface area contributed by atoms with E-state index >= 15 is 0 Å². The van der Waals surface area contributed by atoms with Crippen LogP contribution >= 0.6 is 0 Å². The summed E-state index contributed by atoms with van der Waals surface area (Å²) in [5, 5.41) is 8.73. The van der Waals surface area contributed by atoms with E-state index < -0.39 is 5.82 Å². The van der Waals surface area contributed by atoms with Gasteiger partial charge in [0, 0.05) is 13.1 Å². The Morgan fingerprint density at radius 1 is 1.50 bits per heavy atom. The minimum Gasteiger partial charge on any atom is -0.302 e. The first-order valence-electron chi connectivity index (χ1n) is 5.56. The molecule has 2 nitrogen and oxygen atoms in total. The van der Waals surface area contributed by atoms with Crippen molar-refractivity contribution in [2.75, 3.05) is 13.6 Å². The standard InChI is InChI=1S/C13H15FN2/c1-16(8-10-2-3-10)9-11-4-5-13(14)12(6-11)7-15/h4-6,10H,2-3,8-9H2,1H3. The Kier molecular flexibility index (Phi) is 3.21. The molecular weight excluding hydrogens is 203 g/mol. The number of hydrogen-bond donors (Lipinski definition) is 0. The average Bonchev–Trinajstić information content (AvgIpc) is 3.04. The third-order valence-corrected chi connectivity index (χ3v) is 2.87. The third kappa shape index (κ3) is 2.80. The summed E-state index contributed by atoms with van der Waals surface area (Å²) in [6, 6.07) is 6.63. The molecule has 16 heavy (non-hydrogen) atoms. The van der Waals surface area contributed by atoms with Crippen LogP contribution in [0.15, 0.2) is 18.2 Å². The predicted octanol–water partition coefficient (Wildman–Crippen LogP) is 2.54. The van der Waals surface area contributed by atoms with Crippen molar-refractivity contribution >= 4 is 0 Å². The van der Waals surface area contributed by atoms with Crippen molar-refractivity contribution in [3.8, 4) is 6.07 Å². The first-order valence-corrected chi connectivity index (χ1v) is 5.56. The minimum absolute atomic E-state index is 0.136. The lowest BCUT2D eigenvalue weighted by molar-refractivity contribution is 0.313. The topological polar surface area (TPSA) is 27.0 Å². The molecule has 0 atom stereocenters. The quantitative estimate of drug-likeness (QED) is 0.776. The van der Waals surface area contributed by atoms with Gasteiger partial charge in [-0.05, 0) is 43.5 Å². The van der Waals surface area contributed by atoms with Crippen molar-refractivity contribution in [1.29, 1.82) is 5.26 Å². The zero-order valence-electron chi connectivity index (χ0n) is 9.41. The molecular formula is C13H15FN2. The van der Waals surface area contributed by atoms with Crippen LogP contribution in [-0.4, -0.2) is 18.5 Å². The number of nitrogens with zero attached hydrogens (tertiary/aromatic N) is 2. The number of benzene rings is 1. The lowest BCUT2D eigenvalue weighted by Gasteiger charge is -2.16. The number of rotatable bonds is 4. The maximum Gasteiger partial charge on any atom is 0.140 e. The van der Waals surface area contributed by atoms with Gasteiger partial charge in [-0.1, -0.05) is 6.07 Å². The van der Waals surface area contributed by atoms with Gasteiger partial charge in [-0.3, -0.25) is 0 Å². The summed E-state index contributed by atoms with van der Waals surface area (Å²) in [4.78, 5) is 2.23. The molecule has 1 saturated carbocycles. The van der Waals surface area contributed by atoms with Crippen LogP contribution in [0.2, 0.25) is 0 Å². The summed E-state index contributed by atoms with van der Waals surface area (Å²) in [6.07, 6.45) is 2.66. The van der Waals surface area contributed by atoms with E-state index in [1.807, 2.05) is 6.07 Å². The maximum absolute atomic E-state index is 13.1. The summed E-state index contributed by atoms with van der Waals surface area (Å²) in [5.74, 6) is 0.414. The molecule has 84 valence electrons.